The molecule has 1 aliphatic rings. The Bertz CT molecular complexity index is 836. The van der Waals surface area contributed by atoms with Crippen LogP contribution in [-0.4, -0.2) is 21.6 Å². The Morgan fingerprint density at radius 2 is 2.19 bits per heavy atom. The first-order chi connectivity index (χ1) is 10.3. The quantitative estimate of drug-likeness (QED) is 0.753. The van der Waals surface area contributed by atoms with Crippen LogP contribution in [0.4, 0.5) is 0 Å². The lowest BCUT2D eigenvalue weighted by Gasteiger charge is -2.07. The van der Waals surface area contributed by atoms with E-state index in [0.29, 0.717) is 4.77 Å². The topological polar surface area (TPSA) is 52.1 Å². The zero-order chi connectivity index (χ0) is 14.2. The van der Waals surface area contributed by atoms with Crippen molar-refractivity contribution in [2.24, 2.45) is 0 Å². The van der Waals surface area contributed by atoms with Crippen molar-refractivity contribution in [3.63, 3.8) is 0 Å². The number of hydrogen-bond donors (Lipinski definition) is 1. The summed E-state index contributed by atoms with van der Waals surface area (Å²) in [5.74, 6) is 2.37. The van der Waals surface area contributed by atoms with Gasteiger partial charge in [0.15, 0.2) is 16.3 Å². The van der Waals surface area contributed by atoms with Crippen LogP contribution in [0.1, 0.15) is 10.7 Å². The Kier molecular flexibility index (Phi) is 3.01. The molecule has 0 fully saturated rings. The van der Waals surface area contributed by atoms with Crippen LogP contribution in [0.3, 0.4) is 0 Å². The van der Waals surface area contributed by atoms with Crippen LogP contribution in [0, 0.1) is 4.77 Å². The fourth-order valence-corrected chi connectivity index (χ4v) is 3.27. The van der Waals surface area contributed by atoms with Gasteiger partial charge in [-0.3, -0.25) is 9.67 Å². The van der Waals surface area contributed by atoms with E-state index in [2.05, 4.69) is 21.6 Å². The van der Waals surface area contributed by atoms with Crippen LogP contribution in [0.15, 0.2) is 35.7 Å². The Balaban J connectivity index is 1.78. The number of thiophene rings is 1. The Morgan fingerprint density at radius 1 is 1.29 bits per heavy atom. The minimum absolute atomic E-state index is 0.262. The normalized spacial score (nSPS) is 12.8. The van der Waals surface area contributed by atoms with Gasteiger partial charge in [-0.1, -0.05) is 6.07 Å². The van der Waals surface area contributed by atoms with Crippen molar-refractivity contribution in [3.8, 4) is 17.2 Å². The highest BCUT2D eigenvalue weighted by Crippen LogP contribution is 2.34. The molecule has 1 aliphatic heterocycles. The van der Waals surface area contributed by atoms with Crippen molar-refractivity contribution in [2.45, 2.75) is 6.42 Å². The number of hydrogen-bond acceptors (Lipinski definition) is 5. The van der Waals surface area contributed by atoms with Gasteiger partial charge >= 0.3 is 0 Å². The molecule has 21 heavy (non-hydrogen) atoms. The second-order valence-corrected chi connectivity index (χ2v) is 5.99. The number of ether oxygens (including phenoxy) is 2. The van der Waals surface area contributed by atoms with Gasteiger partial charge in [0.1, 0.15) is 5.82 Å². The zero-order valence-electron chi connectivity index (χ0n) is 10.9. The molecule has 1 N–H and O–H groups in total. The highest BCUT2D eigenvalue weighted by molar-refractivity contribution is 7.71. The number of nitrogens with one attached hydrogen (secondary N) is 1. The summed E-state index contributed by atoms with van der Waals surface area (Å²) in [6.45, 7) is 0.262. The summed E-state index contributed by atoms with van der Waals surface area (Å²) >= 11 is 7.06. The maximum atomic E-state index is 5.42. The number of aromatic nitrogens is 3. The van der Waals surface area contributed by atoms with Gasteiger partial charge in [0.05, 0.1) is 5.69 Å². The molecular weight excluding hydrogens is 306 g/mol. The average molecular weight is 317 g/mol. The van der Waals surface area contributed by atoms with Crippen LogP contribution in [0.2, 0.25) is 0 Å². The SMILES string of the molecule is S=c1[nH]nc(Cc2cccs2)n1-c1ccc2c(c1)OCO2. The molecule has 0 bridgehead atoms. The predicted octanol–water partition coefficient (Wildman–Crippen LogP) is 3.31. The van der Waals surface area contributed by atoms with Gasteiger partial charge in [0.25, 0.3) is 0 Å². The van der Waals surface area contributed by atoms with Crippen LogP contribution in [0.5, 0.6) is 11.5 Å². The van der Waals surface area contributed by atoms with Crippen molar-refractivity contribution in [2.75, 3.05) is 6.79 Å². The monoisotopic (exact) mass is 317 g/mol. The number of benzene rings is 1. The lowest BCUT2D eigenvalue weighted by atomic mass is 10.2. The molecule has 2 aromatic heterocycles. The standard InChI is InChI=1S/C14H11N3O2S2/c20-14-16-15-13(7-10-2-1-5-21-10)17(14)9-3-4-11-12(6-9)19-8-18-11/h1-6H,7-8H2,(H,16,20). The Hall–Kier alpha value is -2.12. The second kappa shape index (κ2) is 5.01. The van der Waals surface area contributed by atoms with Gasteiger partial charge < -0.3 is 9.47 Å². The maximum Gasteiger partial charge on any atom is 0.231 e. The van der Waals surface area contributed by atoms with Crippen molar-refractivity contribution < 1.29 is 9.47 Å². The van der Waals surface area contributed by atoms with E-state index in [0.717, 1.165) is 29.4 Å². The lowest BCUT2D eigenvalue weighted by molar-refractivity contribution is 0.174. The van der Waals surface area contributed by atoms with E-state index in [1.165, 1.54) is 4.88 Å². The van der Waals surface area contributed by atoms with Crippen molar-refractivity contribution in [1.82, 2.24) is 14.8 Å². The molecule has 4 rings (SSSR count). The fraction of sp³-hybridized carbons (Fsp3) is 0.143. The summed E-state index contributed by atoms with van der Waals surface area (Å²) in [6, 6.07) is 9.89. The number of H-pyrrole nitrogens is 1. The zero-order valence-corrected chi connectivity index (χ0v) is 12.5. The number of fused-ring (bicyclic) bond motifs is 1. The number of aromatic amines is 1. The van der Waals surface area contributed by atoms with Crippen LogP contribution in [0.25, 0.3) is 5.69 Å². The molecule has 7 heteroatoms. The van der Waals surface area contributed by atoms with Gasteiger partial charge in [0.2, 0.25) is 6.79 Å². The van der Waals surface area contributed by atoms with Crippen LogP contribution < -0.4 is 9.47 Å². The lowest BCUT2D eigenvalue weighted by Crippen LogP contribution is -2.01. The minimum atomic E-state index is 0.262. The molecule has 0 atom stereocenters. The summed E-state index contributed by atoms with van der Waals surface area (Å²) in [7, 11) is 0. The molecule has 0 radical (unpaired) electrons. The summed E-state index contributed by atoms with van der Waals surface area (Å²) in [5, 5.41) is 9.26. The first-order valence-electron chi connectivity index (χ1n) is 6.40. The van der Waals surface area contributed by atoms with Gasteiger partial charge in [-0.2, -0.15) is 5.10 Å². The molecule has 3 aromatic rings. The third kappa shape index (κ3) is 2.24. The van der Waals surface area contributed by atoms with Gasteiger partial charge in [-0.25, -0.2) is 0 Å². The Labute approximate surface area is 129 Å². The molecule has 106 valence electrons. The molecule has 0 spiro atoms. The minimum Gasteiger partial charge on any atom is -0.454 e. The molecule has 0 saturated carbocycles. The maximum absolute atomic E-state index is 5.42. The van der Waals surface area contributed by atoms with Gasteiger partial charge in [-0.15, -0.1) is 11.3 Å². The summed E-state index contributed by atoms with van der Waals surface area (Å²) in [6.07, 6.45) is 0.735. The van der Waals surface area contributed by atoms with E-state index >= 15 is 0 Å². The highest BCUT2D eigenvalue weighted by atomic mass is 32.1. The van der Waals surface area contributed by atoms with Gasteiger partial charge in [-0.05, 0) is 35.8 Å². The van der Waals surface area contributed by atoms with E-state index in [1.807, 2.05) is 28.8 Å². The number of rotatable bonds is 3. The molecule has 0 amide bonds. The summed E-state index contributed by atoms with van der Waals surface area (Å²) in [4.78, 5) is 1.24. The second-order valence-electron chi connectivity index (χ2n) is 4.57. The number of nitrogens with zero attached hydrogens (tertiary/aromatic N) is 2. The third-order valence-electron chi connectivity index (χ3n) is 3.27. The van der Waals surface area contributed by atoms with E-state index in [9.17, 15) is 0 Å². The molecule has 5 nitrogen and oxygen atoms in total. The smallest absolute Gasteiger partial charge is 0.231 e. The van der Waals surface area contributed by atoms with E-state index < -0.39 is 0 Å². The highest BCUT2D eigenvalue weighted by Gasteiger charge is 2.16. The van der Waals surface area contributed by atoms with E-state index in [4.69, 9.17) is 21.7 Å². The molecular formula is C14H11N3O2S2. The van der Waals surface area contributed by atoms with Crippen molar-refractivity contribution in [1.29, 1.82) is 0 Å². The predicted molar refractivity (Wildman–Crippen MR) is 82.0 cm³/mol. The van der Waals surface area contributed by atoms with Crippen LogP contribution in [-0.2, 0) is 6.42 Å². The van der Waals surface area contributed by atoms with Gasteiger partial charge in [0, 0.05) is 17.4 Å². The first-order valence-corrected chi connectivity index (χ1v) is 7.69. The van der Waals surface area contributed by atoms with Crippen LogP contribution >= 0.6 is 23.6 Å². The molecule has 0 saturated heterocycles. The van der Waals surface area contributed by atoms with Crippen molar-refractivity contribution in [3.05, 3.63) is 51.2 Å². The third-order valence-corrected chi connectivity index (χ3v) is 4.42. The summed E-state index contributed by atoms with van der Waals surface area (Å²) in [5.41, 5.74) is 0.921. The molecule has 3 heterocycles. The molecule has 0 unspecified atom stereocenters. The summed E-state index contributed by atoms with van der Waals surface area (Å²) < 4.78 is 13.3. The van der Waals surface area contributed by atoms with Crippen molar-refractivity contribution >= 4 is 23.6 Å². The van der Waals surface area contributed by atoms with E-state index in [-0.39, 0.29) is 6.79 Å². The average Bonchev–Trinajstić information content (AvgIpc) is 3.20. The Morgan fingerprint density at radius 3 is 3.05 bits per heavy atom. The fourth-order valence-electron chi connectivity index (χ4n) is 2.31. The van der Waals surface area contributed by atoms with E-state index in [1.54, 1.807) is 11.3 Å². The molecule has 0 aliphatic carbocycles. The first kappa shape index (κ1) is 12.6. The largest absolute Gasteiger partial charge is 0.454 e. The molecule has 1 aromatic carbocycles.